The van der Waals surface area contributed by atoms with Gasteiger partial charge in [0.1, 0.15) is 30.5 Å². The van der Waals surface area contributed by atoms with Crippen LogP contribution in [-0.2, 0) is 22.4 Å². The molecule has 2 heterocycles. The van der Waals surface area contributed by atoms with Crippen LogP contribution in [0.2, 0.25) is 0 Å². The molecule has 0 saturated carbocycles. The highest BCUT2D eigenvalue weighted by molar-refractivity contribution is 7.87. The molecule has 2 fully saturated rings. The van der Waals surface area contributed by atoms with Gasteiger partial charge in [0.2, 0.25) is 5.91 Å². The number of rotatable bonds is 10. The number of aliphatic hydroxyl groups is 3. The number of benzene rings is 2. The van der Waals surface area contributed by atoms with Gasteiger partial charge in [0, 0.05) is 51.9 Å². The molecule has 0 bridgehead atoms. The molecule has 224 valence electrons. The molecule has 0 aliphatic carbocycles. The van der Waals surface area contributed by atoms with E-state index in [2.05, 4.69) is 58.5 Å². The fourth-order valence-corrected chi connectivity index (χ4v) is 5.86. The SMILES string of the molecule is CS#CC1O[C@@H](c2ccc(C)c(Cc3ccc(CCCC(=O)NCCN4CCN(C)CC4)cc3)c2)[C@H](O)[C@@H](O)[C@@H]1O. The molecule has 1 unspecified atom stereocenters. The normalized spacial score (nSPS) is 25.5. The Hall–Kier alpha value is -2.33. The first kappa shape index (κ1) is 31.6. The van der Waals surface area contributed by atoms with Crippen LogP contribution in [0.1, 0.15) is 46.8 Å². The number of nitrogens with zero attached hydrogens (tertiary/aromatic N) is 2. The number of likely N-dealkylation sites (N-methyl/N-ethyl adjacent to an activating group) is 1. The van der Waals surface area contributed by atoms with Crippen LogP contribution in [0, 0.1) is 12.1 Å². The van der Waals surface area contributed by atoms with Crippen LogP contribution in [0.4, 0.5) is 0 Å². The number of ether oxygens (including phenoxy) is 1. The molecule has 1 amide bonds. The topological polar surface area (TPSA) is 106 Å². The van der Waals surface area contributed by atoms with E-state index in [1.54, 1.807) is 0 Å². The third kappa shape index (κ3) is 8.83. The second-order valence-electron chi connectivity index (χ2n) is 11.3. The van der Waals surface area contributed by atoms with Gasteiger partial charge in [-0.3, -0.25) is 9.69 Å². The Morgan fingerprint density at radius 2 is 1.73 bits per heavy atom. The van der Waals surface area contributed by atoms with Gasteiger partial charge in [-0.15, -0.1) is 11.2 Å². The zero-order valence-electron chi connectivity index (χ0n) is 24.5. The summed E-state index contributed by atoms with van der Waals surface area (Å²) in [4.78, 5) is 17.0. The quantitative estimate of drug-likeness (QED) is 0.340. The molecule has 2 aromatic carbocycles. The van der Waals surface area contributed by atoms with Crippen molar-refractivity contribution in [2.45, 2.75) is 63.1 Å². The van der Waals surface area contributed by atoms with E-state index in [4.69, 9.17) is 4.74 Å². The van der Waals surface area contributed by atoms with E-state index < -0.39 is 30.5 Å². The monoisotopic (exact) mass is 583 g/mol. The maximum Gasteiger partial charge on any atom is 0.220 e. The van der Waals surface area contributed by atoms with Gasteiger partial charge in [0.15, 0.2) is 0 Å². The van der Waals surface area contributed by atoms with Crippen LogP contribution in [0.15, 0.2) is 42.5 Å². The number of carbonyl (C=O) groups is 1. The molecular weight excluding hydrogens is 538 g/mol. The molecule has 2 aliphatic heterocycles. The highest BCUT2D eigenvalue weighted by Crippen LogP contribution is 2.33. The standard InChI is InChI=1S/C32H45N3O5S/c1-22-7-12-25(32-31(39)30(38)29(37)27(40-32)21-41-3)20-26(22)19-24-10-8-23(9-11-24)5-4-6-28(36)33-13-14-35-17-15-34(2)16-18-35/h7-12,20,27,29-32,37-39H,4-6,13-19H2,1-3H3,(H,33,36)/t27?,29-,30+,31-,32+/m1/s1. The van der Waals surface area contributed by atoms with E-state index in [0.29, 0.717) is 13.0 Å². The van der Waals surface area contributed by atoms with Gasteiger partial charge in [-0.2, -0.15) is 0 Å². The minimum atomic E-state index is -1.32. The summed E-state index contributed by atoms with van der Waals surface area (Å²) in [6.07, 6.45) is -0.593. The summed E-state index contributed by atoms with van der Waals surface area (Å²) in [7, 11) is 2.15. The van der Waals surface area contributed by atoms with E-state index in [0.717, 1.165) is 74.2 Å². The minimum Gasteiger partial charge on any atom is -0.387 e. The van der Waals surface area contributed by atoms with Crippen molar-refractivity contribution in [1.29, 1.82) is 0 Å². The van der Waals surface area contributed by atoms with Crippen molar-refractivity contribution in [3.05, 3.63) is 70.3 Å². The van der Waals surface area contributed by atoms with Crippen molar-refractivity contribution in [3.63, 3.8) is 0 Å². The summed E-state index contributed by atoms with van der Waals surface area (Å²) in [6.45, 7) is 7.99. The largest absolute Gasteiger partial charge is 0.387 e. The van der Waals surface area contributed by atoms with Crippen LogP contribution in [-0.4, -0.2) is 108 Å². The highest BCUT2D eigenvalue weighted by atomic mass is 32.1. The maximum atomic E-state index is 12.3. The van der Waals surface area contributed by atoms with Gasteiger partial charge in [0.05, 0.1) is 0 Å². The zero-order valence-corrected chi connectivity index (χ0v) is 25.3. The van der Waals surface area contributed by atoms with Crippen molar-refractivity contribution in [2.24, 2.45) is 0 Å². The average molecular weight is 584 g/mol. The van der Waals surface area contributed by atoms with Gasteiger partial charge in [0.25, 0.3) is 0 Å². The summed E-state index contributed by atoms with van der Waals surface area (Å²) in [6, 6.07) is 14.4. The number of hydrogen-bond donors (Lipinski definition) is 4. The Bertz CT molecular complexity index is 1210. The summed E-state index contributed by atoms with van der Waals surface area (Å²) < 4.78 is 5.95. The second kappa shape index (κ2) is 15.2. The van der Waals surface area contributed by atoms with Crippen molar-refractivity contribution in [3.8, 4) is 5.18 Å². The first-order valence-corrected chi connectivity index (χ1v) is 15.8. The lowest BCUT2D eigenvalue weighted by molar-refractivity contribution is -0.209. The van der Waals surface area contributed by atoms with E-state index in [1.165, 1.54) is 16.7 Å². The third-order valence-electron chi connectivity index (χ3n) is 8.18. The van der Waals surface area contributed by atoms with E-state index in [1.807, 2.05) is 24.5 Å². The molecule has 41 heavy (non-hydrogen) atoms. The van der Waals surface area contributed by atoms with Crippen LogP contribution < -0.4 is 5.32 Å². The fourth-order valence-electron chi connectivity index (χ4n) is 5.44. The summed E-state index contributed by atoms with van der Waals surface area (Å²) in [5, 5.41) is 37.3. The lowest BCUT2D eigenvalue weighted by Crippen LogP contribution is -2.53. The first-order chi connectivity index (χ1) is 19.7. The lowest BCUT2D eigenvalue weighted by Gasteiger charge is -2.39. The van der Waals surface area contributed by atoms with Crippen LogP contribution >= 0.6 is 11.2 Å². The Morgan fingerprint density at radius 3 is 2.44 bits per heavy atom. The first-order valence-electron chi connectivity index (χ1n) is 14.6. The predicted octanol–water partition coefficient (Wildman–Crippen LogP) is 2.12. The minimum absolute atomic E-state index is 0.121. The van der Waals surface area contributed by atoms with Crippen LogP contribution in [0.5, 0.6) is 0 Å². The molecule has 2 aromatic rings. The number of carbonyl (C=O) groups excluding carboxylic acids is 1. The van der Waals surface area contributed by atoms with E-state index >= 15 is 0 Å². The lowest BCUT2D eigenvalue weighted by atomic mass is 9.89. The molecule has 0 spiro atoms. The van der Waals surface area contributed by atoms with Gasteiger partial charge >= 0.3 is 0 Å². The zero-order chi connectivity index (χ0) is 29.4. The molecule has 4 N–H and O–H groups in total. The molecule has 2 saturated heterocycles. The van der Waals surface area contributed by atoms with Crippen molar-refractivity contribution >= 4 is 17.1 Å². The van der Waals surface area contributed by atoms with Gasteiger partial charge in [-0.05, 0) is 61.1 Å². The number of hydrogen-bond acceptors (Lipinski definition) is 7. The molecule has 8 nitrogen and oxygen atoms in total. The summed E-state index contributed by atoms with van der Waals surface area (Å²) in [5.41, 5.74) is 5.37. The van der Waals surface area contributed by atoms with Crippen molar-refractivity contribution in [1.82, 2.24) is 15.1 Å². The average Bonchev–Trinajstić information content (AvgIpc) is 2.96. The number of aliphatic hydroxyl groups excluding tert-OH is 3. The number of piperazine rings is 1. The molecule has 9 heteroatoms. The number of nitrogens with one attached hydrogen (secondary N) is 1. The van der Waals surface area contributed by atoms with Gasteiger partial charge in [-0.1, -0.05) is 47.6 Å². The van der Waals surface area contributed by atoms with Crippen LogP contribution in [0.3, 0.4) is 0 Å². The molecule has 2 aliphatic rings. The maximum absolute atomic E-state index is 12.3. The molecular formula is C32H45N3O5S. The number of aryl methyl sites for hydroxylation is 2. The molecule has 0 aromatic heterocycles. The highest BCUT2D eigenvalue weighted by Gasteiger charge is 2.43. The Labute approximate surface area is 247 Å². The van der Waals surface area contributed by atoms with Gasteiger partial charge in [-0.25, -0.2) is 0 Å². The predicted molar refractivity (Wildman–Crippen MR) is 163 cm³/mol. The van der Waals surface area contributed by atoms with Crippen molar-refractivity contribution < 1.29 is 24.9 Å². The van der Waals surface area contributed by atoms with Crippen molar-refractivity contribution in [2.75, 3.05) is 52.6 Å². The summed E-state index contributed by atoms with van der Waals surface area (Å²) >= 11 is 1.28. The number of amides is 1. The molecule has 5 atom stereocenters. The third-order valence-corrected chi connectivity index (χ3v) is 8.65. The Balaban J connectivity index is 1.26. The molecule has 0 radical (unpaired) electrons. The Kier molecular flexibility index (Phi) is 11.7. The smallest absolute Gasteiger partial charge is 0.220 e. The fraction of sp³-hybridized carbons (Fsp3) is 0.562. The second-order valence-corrected chi connectivity index (χ2v) is 11.9. The van der Waals surface area contributed by atoms with E-state index in [9.17, 15) is 20.1 Å². The molecule has 4 rings (SSSR count). The summed E-state index contributed by atoms with van der Waals surface area (Å²) in [5.74, 6) is 0.121. The van der Waals surface area contributed by atoms with Gasteiger partial charge < -0.3 is 30.3 Å². The van der Waals surface area contributed by atoms with E-state index in [-0.39, 0.29) is 5.91 Å². The Morgan fingerprint density at radius 1 is 1.02 bits per heavy atom. The van der Waals surface area contributed by atoms with Crippen LogP contribution in [0.25, 0.3) is 0 Å².